The zero-order valence-electron chi connectivity index (χ0n) is 13.9. The van der Waals surface area contributed by atoms with Crippen molar-refractivity contribution in [2.45, 2.75) is 40.2 Å². The van der Waals surface area contributed by atoms with Crippen LogP contribution < -0.4 is 5.32 Å². The number of aromatic nitrogens is 3. The van der Waals surface area contributed by atoms with Crippen LogP contribution in [0.3, 0.4) is 0 Å². The van der Waals surface area contributed by atoms with Crippen LogP contribution in [0.25, 0.3) is 5.65 Å². The first-order chi connectivity index (χ1) is 11.4. The maximum Gasteiger partial charge on any atom is 0.220 e. The lowest BCUT2D eigenvalue weighted by atomic mass is 10.1. The molecule has 24 heavy (non-hydrogen) atoms. The van der Waals surface area contributed by atoms with E-state index in [4.69, 9.17) is 0 Å². The molecule has 0 unspecified atom stereocenters. The third-order valence-corrected chi connectivity index (χ3v) is 5.60. The Morgan fingerprint density at radius 3 is 2.83 bits per heavy atom. The molecule has 0 radical (unpaired) electrons. The molecule has 0 saturated heterocycles. The highest BCUT2D eigenvalue weighted by Gasteiger charge is 2.13. The zero-order chi connectivity index (χ0) is 17.3. The smallest absolute Gasteiger partial charge is 0.220 e. The van der Waals surface area contributed by atoms with Gasteiger partial charge in [0.15, 0.2) is 5.65 Å². The largest absolute Gasteiger partial charge is 0.351 e. The monoisotopic (exact) mass is 406 g/mol. The molecular formula is C17H19BrN4OS. The number of nitrogens with one attached hydrogen (secondary N) is 1. The van der Waals surface area contributed by atoms with Gasteiger partial charge in [0.25, 0.3) is 0 Å². The molecule has 0 saturated carbocycles. The third-order valence-electron chi connectivity index (χ3n) is 3.98. The molecule has 0 aliphatic heterocycles. The Morgan fingerprint density at radius 2 is 2.12 bits per heavy atom. The van der Waals surface area contributed by atoms with Crippen molar-refractivity contribution in [1.82, 2.24) is 19.9 Å². The Bertz CT molecular complexity index is 900. The minimum Gasteiger partial charge on any atom is -0.351 e. The van der Waals surface area contributed by atoms with E-state index in [9.17, 15) is 4.79 Å². The summed E-state index contributed by atoms with van der Waals surface area (Å²) < 4.78 is 2.94. The van der Waals surface area contributed by atoms with Gasteiger partial charge < -0.3 is 5.32 Å². The van der Waals surface area contributed by atoms with Gasteiger partial charge in [0.05, 0.1) is 16.0 Å². The number of nitrogens with zero attached hydrogens (tertiary/aromatic N) is 3. The lowest BCUT2D eigenvalue weighted by Crippen LogP contribution is -2.23. The minimum atomic E-state index is 0.0510. The highest BCUT2D eigenvalue weighted by Crippen LogP contribution is 2.22. The van der Waals surface area contributed by atoms with E-state index in [1.54, 1.807) is 11.3 Å². The van der Waals surface area contributed by atoms with Crippen LogP contribution in [-0.4, -0.2) is 20.5 Å². The van der Waals surface area contributed by atoms with E-state index in [2.05, 4.69) is 31.3 Å². The minimum absolute atomic E-state index is 0.0510. The average molecular weight is 407 g/mol. The summed E-state index contributed by atoms with van der Waals surface area (Å²) in [5.74, 6) is 0.0510. The molecule has 3 aromatic heterocycles. The van der Waals surface area contributed by atoms with Gasteiger partial charge in [0.2, 0.25) is 5.91 Å². The Morgan fingerprint density at radius 1 is 1.33 bits per heavy atom. The fourth-order valence-corrected chi connectivity index (χ4v) is 4.19. The van der Waals surface area contributed by atoms with Crippen LogP contribution in [-0.2, 0) is 17.8 Å². The van der Waals surface area contributed by atoms with Crippen molar-refractivity contribution in [2.75, 3.05) is 0 Å². The van der Waals surface area contributed by atoms with Crippen molar-refractivity contribution in [1.29, 1.82) is 0 Å². The molecule has 3 heterocycles. The second kappa shape index (κ2) is 7.03. The number of halogens is 1. The predicted octanol–water partition coefficient (Wildman–Crippen LogP) is 3.73. The van der Waals surface area contributed by atoms with Gasteiger partial charge in [-0.3, -0.25) is 4.79 Å². The van der Waals surface area contributed by atoms with Crippen molar-refractivity contribution in [3.63, 3.8) is 0 Å². The first-order valence-electron chi connectivity index (χ1n) is 7.77. The van der Waals surface area contributed by atoms with E-state index in [1.807, 2.05) is 43.5 Å². The number of hydrogen-bond acceptors (Lipinski definition) is 4. The molecule has 0 aromatic carbocycles. The van der Waals surface area contributed by atoms with Crippen LogP contribution in [0.1, 0.15) is 33.9 Å². The van der Waals surface area contributed by atoms with E-state index in [-0.39, 0.29) is 5.91 Å². The van der Waals surface area contributed by atoms with Gasteiger partial charge in [0, 0.05) is 28.8 Å². The maximum absolute atomic E-state index is 12.1. The number of carbonyl (C=O) groups is 1. The SMILES string of the molecule is Cc1cc2nc(C)c(CCC(=O)NCc3ccc(Br)s3)c(C)n2n1. The Balaban J connectivity index is 1.65. The first kappa shape index (κ1) is 17.1. The summed E-state index contributed by atoms with van der Waals surface area (Å²) in [5, 5.41) is 7.44. The molecule has 1 N–H and O–H groups in total. The van der Waals surface area contributed by atoms with Crippen LogP contribution in [0.2, 0.25) is 0 Å². The Hall–Kier alpha value is -1.73. The quantitative estimate of drug-likeness (QED) is 0.701. The van der Waals surface area contributed by atoms with Crippen LogP contribution in [0.15, 0.2) is 22.0 Å². The molecule has 3 aromatic rings. The van der Waals surface area contributed by atoms with Gasteiger partial charge in [-0.15, -0.1) is 11.3 Å². The van der Waals surface area contributed by atoms with Crippen LogP contribution >= 0.6 is 27.3 Å². The highest BCUT2D eigenvalue weighted by molar-refractivity contribution is 9.11. The summed E-state index contributed by atoms with van der Waals surface area (Å²) in [4.78, 5) is 17.9. The lowest BCUT2D eigenvalue weighted by molar-refractivity contribution is -0.121. The standard InChI is InChI=1S/C17H19BrN4OS/c1-10-8-16-20-11(2)14(12(3)22(16)21-10)5-7-17(23)19-9-13-4-6-15(18)24-13/h4,6,8H,5,7,9H2,1-3H3,(H,19,23). The fraction of sp³-hybridized carbons (Fsp3) is 0.353. The molecule has 0 aliphatic carbocycles. The number of aryl methyl sites for hydroxylation is 3. The molecule has 0 aliphatic rings. The Labute approximate surface area is 153 Å². The molecule has 5 nitrogen and oxygen atoms in total. The van der Waals surface area contributed by atoms with Crippen LogP contribution in [0, 0.1) is 20.8 Å². The van der Waals surface area contributed by atoms with Crippen LogP contribution in [0.5, 0.6) is 0 Å². The van der Waals surface area contributed by atoms with Gasteiger partial charge in [-0.25, -0.2) is 9.50 Å². The van der Waals surface area contributed by atoms with E-state index in [1.165, 1.54) is 0 Å². The maximum atomic E-state index is 12.1. The third kappa shape index (κ3) is 3.67. The molecule has 0 bridgehead atoms. The molecule has 0 fully saturated rings. The van der Waals surface area contributed by atoms with E-state index in [0.29, 0.717) is 19.4 Å². The predicted molar refractivity (Wildman–Crippen MR) is 99.4 cm³/mol. The van der Waals surface area contributed by atoms with Gasteiger partial charge >= 0.3 is 0 Å². The number of carbonyl (C=O) groups excluding carboxylic acids is 1. The van der Waals surface area contributed by atoms with E-state index < -0.39 is 0 Å². The summed E-state index contributed by atoms with van der Waals surface area (Å²) in [6.45, 7) is 6.55. The Kier molecular flexibility index (Phi) is 5.01. The van der Waals surface area contributed by atoms with E-state index in [0.717, 1.165) is 37.0 Å². The first-order valence-corrected chi connectivity index (χ1v) is 9.38. The number of hydrogen-bond donors (Lipinski definition) is 1. The molecular weight excluding hydrogens is 388 g/mol. The van der Waals surface area contributed by atoms with Crippen molar-refractivity contribution in [2.24, 2.45) is 0 Å². The number of amides is 1. The number of fused-ring (bicyclic) bond motifs is 1. The van der Waals surface area contributed by atoms with Crippen molar-refractivity contribution in [3.8, 4) is 0 Å². The van der Waals surface area contributed by atoms with Crippen molar-refractivity contribution < 1.29 is 4.79 Å². The molecule has 126 valence electrons. The van der Waals surface area contributed by atoms with Gasteiger partial charge in [-0.2, -0.15) is 5.10 Å². The highest BCUT2D eigenvalue weighted by atomic mass is 79.9. The molecule has 1 amide bonds. The van der Waals surface area contributed by atoms with E-state index >= 15 is 0 Å². The van der Waals surface area contributed by atoms with Crippen molar-refractivity contribution >= 4 is 38.8 Å². The topological polar surface area (TPSA) is 59.3 Å². The summed E-state index contributed by atoms with van der Waals surface area (Å²) >= 11 is 5.06. The van der Waals surface area contributed by atoms with Crippen LogP contribution in [0.4, 0.5) is 0 Å². The summed E-state index contributed by atoms with van der Waals surface area (Å²) in [6, 6.07) is 5.97. The lowest BCUT2D eigenvalue weighted by Gasteiger charge is -2.11. The van der Waals surface area contributed by atoms with Gasteiger partial charge in [0.1, 0.15) is 0 Å². The molecule has 0 atom stereocenters. The second-order valence-corrected chi connectivity index (χ2v) is 8.35. The molecule has 0 spiro atoms. The summed E-state index contributed by atoms with van der Waals surface area (Å²) in [6.07, 6.45) is 1.11. The second-order valence-electron chi connectivity index (χ2n) is 5.80. The number of rotatable bonds is 5. The zero-order valence-corrected chi connectivity index (χ0v) is 16.3. The summed E-state index contributed by atoms with van der Waals surface area (Å²) in [7, 11) is 0. The van der Waals surface area contributed by atoms with Gasteiger partial charge in [-0.05, 0) is 60.8 Å². The normalized spacial score (nSPS) is 11.2. The summed E-state index contributed by atoms with van der Waals surface area (Å²) in [5.41, 5.74) is 4.93. The molecule has 7 heteroatoms. The fourth-order valence-electron chi connectivity index (χ4n) is 2.76. The van der Waals surface area contributed by atoms with Crippen molar-refractivity contribution in [3.05, 3.63) is 49.5 Å². The van der Waals surface area contributed by atoms with Gasteiger partial charge in [-0.1, -0.05) is 0 Å². The average Bonchev–Trinajstić information content (AvgIpc) is 3.10. The number of thiophene rings is 1. The molecule has 3 rings (SSSR count).